The van der Waals surface area contributed by atoms with Crippen LogP contribution in [0.3, 0.4) is 0 Å². The van der Waals surface area contributed by atoms with E-state index < -0.39 is 83.1 Å². The lowest BCUT2D eigenvalue weighted by atomic mass is 9.33. The molecule has 4 saturated carbocycles. The number of carbonyl (C=O) groups is 2. The molecule has 0 aromatic rings. The van der Waals surface area contributed by atoms with Gasteiger partial charge in [0.05, 0.1) is 29.1 Å². The number of ether oxygens (including phenoxy) is 2. The van der Waals surface area contributed by atoms with E-state index in [2.05, 4.69) is 26.8 Å². The zero-order valence-corrected chi connectivity index (χ0v) is 28.7. The van der Waals surface area contributed by atoms with Crippen LogP contribution < -0.4 is 0 Å². The Morgan fingerprint density at radius 3 is 2.21 bits per heavy atom. The molecular formula is C36H56O11. The van der Waals surface area contributed by atoms with Crippen molar-refractivity contribution in [1.82, 2.24) is 0 Å². The van der Waals surface area contributed by atoms with Gasteiger partial charge < -0.3 is 45.2 Å². The molecule has 11 heteroatoms. The number of aliphatic hydroxyl groups is 6. The number of allylic oxidation sites excluding steroid dienone is 1. The molecule has 5 aliphatic carbocycles. The third-order valence-electron chi connectivity index (χ3n) is 15.6. The van der Waals surface area contributed by atoms with Gasteiger partial charge in [-0.3, -0.25) is 9.59 Å². The van der Waals surface area contributed by atoms with E-state index >= 15 is 0 Å². The highest BCUT2D eigenvalue weighted by molar-refractivity contribution is 5.79. The highest BCUT2D eigenvalue weighted by Crippen LogP contribution is 2.76. The zero-order chi connectivity index (χ0) is 34.7. The Hall–Kier alpha value is -1.60. The summed E-state index contributed by atoms with van der Waals surface area (Å²) in [6, 6.07) is 0. The van der Waals surface area contributed by atoms with E-state index in [1.807, 2.05) is 6.92 Å². The summed E-state index contributed by atoms with van der Waals surface area (Å²) >= 11 is 0. The Morgan fingerprint density at radius 2 is 1.57 bits per heavy atom. The summed E-state index contributed by atoms with van der Waals surface area (Å²) in [6.07, 6.45) is -1.18. The maximum absolute atomic E-state index is 14.5. The van der Waals surface area contributed by atoms with Crippen LogP contribution in [0, 0.1) is 50.7 Å². The van der Waals surface area contributed by atoms with E-state index in [0.29, 0.717) is 44.9 Å². The summed E-state index contributed by atoms with van der Waals surface area (Å²) < 4.78 is 11.4. The first-order valence-electron chi connectivity index (χ1n) is 17.6. The Morgan fingerprint density at radius 1 is 0.894 bits per heavy atom. The predicted molar refractivity (Wildman–Crippen MR) is 168 cm³/mol. The lowest BCUT2D eigenvalue weighted by molar-refractivity contribution is -0.299. The van der Waals surface area contributed by atoms with Gasteiger partial charge in [0.25, 0.3) is 0 Å². The minimum Gasteiger partial charge on any atom is -0.481 e. The van der Waals surface area contributed by atoms with Crippen molar-refractivity contribution in [3.63, 3.8) is 0 Å². The second kappa shape index (κ2) is 11.2. The smallest absolute Gasteiger partial charge is 0.315 e. The number of aliphatic carboxylic acids is 1. The number of carbonyl (C=O) groups excluding carboxylic acids is 1. The van der Waals surface area contributed by atoms with Gasteiger partial charge in [-0.2, -0.15) is 0 Å². The molecule has 0 bridgehead atoms. The number of carboxylic acids is 1. The van der Waals surface area contributed by atoms with E-state index in [-0.39, 0.29) is 28.6 Å². The summed E-state index contributed by atoms with van der Waals surface area (Å²) in [6.45, 7) is 11.7. The average molecular weight is 665 g/mol. The van der Waals surface area contributed by atoms with Crippen molar-refractivity contribution < 1.29 is 54.8 Å². The van der Waals surface area contributed by atoms with Crippen LogP contribution in [0.2, 0.25) is 0 Å². The molecule has 1 saturated heterocycles. The molecule has 47 heavy (non-hydrogen) atoms. The molecule has 6 aliphatic rings. The maximum Gasteiger partial charge on any atom is 0.315 e. The van der Waals surface area contributed by atoms with Crippen molar-refractivity contribution in [3.05, 3.63) is 11.6 Å². The van der Waals surface area contributed by atoms with E-state index in [1.54, 1.807) is 13.8 Å². The number of rotatable bonds is 4. The molecule has 266 valence electrons. The maximum atomic E-state index is 14.5. The number of hydrogen-bond acceptors (Lipinski definition) is 10. The monoisotopic (exact) mass is 664 g/mol. The van der Waals surface area contributed by atoms with Gasteiger partial charge in [0.15, 0.2) is 0 Å². The molecule has 0 radical (unpaired) electrons. The van der Waals surface area contributed by atoms with Crippen molar-refractivity contribution in [3.8, 4) is 0 Å². The molecule has 11 nitrogen and oxygen atoms in total. The Balaban J connectivity index is 1.39. The normalized spacial score (nSPS) is 55.8. The Labute approximate surface area is 277 Å². The first kappa shape index (κ1) is 35.2. The van der Waals surface area contributed by atoms with Gasteiger partial charge in [-0.15, -0.1) is 0 Å². The molecular weight excluding hydrogens is 608 g/mol. The molecule has 0 amide bonds. The van der Waals surface area contributed by atoms with Crippen molar-refractivity contribution in [2.45, 2.75) is 142 Å². The summed E-state index contributed by atoms with van der Waals surface area (Å²) in [4.78, 5) is 27.2. The van der Waals surface area contributed by atoms with Crippen LogP contribution in [-0.2, 0) is 19.1 Å². The molecule has 16 atom stereocenters. The van der Waals surface area contributed by atoms with Crippen LogP contribution >= 0.6 is 0 Å². The third-order valence-corrected chi connectivity index (χ3v) is 15.6. The van der Waals surface area contributed by atoms with Gasteiger partial charge in [0.1, 0.15) is 24.4 Å². The predicted octanol–water partition coefficient (Wildman–Crippen LogP) is 2.53. The molecule has 0 aromatic carbocycles. The zero-order valence-electron chi connectivity index (χ0n) is 28.7. The van der Waals surface area contributed by atoms with Crippen LogP contribution in [0.1, 0.15) is 99.3 Å². The SMILES string of the molecule is C[C@@H]1CC[C@]2(C(=O)O[C@@H]3O[C@H](CO)[C@@H](O)[C@H](O)[C@H]3O)CC[C@]3(C)C(=CC[C@@H]4[C@@]5(C)CC[C@H](O)[C@](C)(C(=O)O)C5CC[C@]43C)[C@@H]2[C@]1(C)O. The summed E-state index contributed by atoms with van der Waals surface area (Å²) in [7, 11) is 0. The van der Waals surface area contributed by atoms with E-state index in [9.17, 15) is 45.3 Å². The third kappa shape index (κ3) is 4.49. The Kier molecular flexibility index (Phi) is 8.40. The fourth-order valence-electron chi connectivity index (χ4n) is 12.2. The fraction of sp³-hybridized carbons (Fsp3) is 0.889. The number of carboxylic acid groups (broad SMARTS) is 1. The quantitative estimate of drug-likeness (QED) is 0.172. The van der Waals surface area contributed by atoms with Gasteiger partial charge >= 0.3 is 11.9 Å². The van der Waals surface area contributed by atoms with Crippen LogP contribution in [-0.4, -0.2) is 96.7 Å². The fourth-order valence-corrected chi connectivity index (χ4v) is 12.2. The second-order valence-corrected chi connectivity index (χ2v) is 17.3. The molecule has 1 heterocycles. The van der Waals surface area contributed by atoms with Crippen molar-refractivity contribution in [1.29, 1.82) is 0 Å². The molecule has 6 rings (SSSR count). The molecule has 1 aliphatic heterocycles. The highest BCUT2D eigenvalue weighted by Gasteiger charge is 2.72. The minimum atomic E-state index is -1.72. The minimum absolute atomic E-state index is 0.126. The largest absolute Gasteiger partial charge is 0.481 e. The van der Waals surface area contributed by atoms with Crippen LogP contribution in [0.5, 0.6) is 0 Å². The second-order valence-electron chi connectivity index (χ2n) is 17.3. The molecule has 0 spiro atoms. The van der Waals surface area contributed by atoms with Crippen LogP contribution in [0.15, 0.2) is 11.6 Å². The first-order valence-corrected chi connectivity index (χ1v) is 17.6. The van der Waals surface area contributed by atoms with Gasteiger partial charge in [-0.1, -0.05) is 39.3 Å². The van der Waals surface area contributed by atoms with Crippen LogP contribution in [0.25, 0.3) is 0 Å². The average Bonchev–Trinajstić information content (AvgIpc) is 3.01. The van der Waals surface area contributed by atoms with Crippen molar-refractivity contribution in [2.75, 3.05) is 6.61 Å². The lowest BCUT2D eigenvalue weighted by Gasteiger charge is -2.71. The van der Waals surface area contributed by atoms with Gasteiger partial charge in [-0.25, -0.2) is 0 Å². The standard InChI is InChI=1S/C36H56O11/c1-18-9-14-36(30(44)47-28-26(41)25(40)24(39)20(17-37)46-28)16-15-32(3)19(27(36)35(18,6)45)7-8-21-31(2)12-11-23(38)34(5,29(42)43)22(31)10-13-33(21,32)4/h7,18,20-28,37-41,45H,8-17H2,1-6H3,(H,42,43)/t18-,20-,21-,22?,23+,24-,25+,26-,27-,28+,31-,32-,33-,34-,35-,36+/m1/s1. The number of fused-ring (bicyclic) bond motifs is 7. The molecule has 5 fully saturated rings. The molecule has 0 aromatic heterocycles. The topological polar surface area (TPSA) is 194 Å². The summed E-state index contributed by atoms with van der Waals surface area (Å²) in [5, 5.41) is 74.8. The van der Waals surface area contributed by atoms with Gasteiger partial charge in [0, 0.05) is 5.92 Å². The van der Waals surface area contributed by atoms with E-state index in [0.717, 1.165) is 18.4 Å². The number of hydrogen-bond donors (Lipinski definition) is 7. The first-order chi connectivity index (χ1) is 21.8. The van der Waals surface area contributed by atoms with Gasteiger partial charge in [0.2, 0.25) is 6.29 Å². The summed E-state index contributed by atoms with van der Waals surface area (Å²) in [5.74, 6) is -2.37. The molecule has 7 N–H and O–H groups in total. The van der Waals surface area contributed by atoms with E-state index in [1.165, 1.54) is 0 Å². The number of esters is 1. The molecule has 1 unspecified atom stereocenters. The number of aliphatic hydroxyl groups excluding tert-OH is 5. The summed E-state index contributed by atoms with van der Waals surface area (Å²) in [5.41, 5.74) is -3.64. The Bertz CT molecular complexity index is 1310. The highest BCUT2D eigenvalue weighted by atomic mass is 16.7. The van der Waals surface area contributed by atoms with Crippen molar-refractivity contribution in [2.24, 2.45) is 50.7 Å². The van der Waals surface area contributed by atoms with Crippen LogP contribution in [0.4, 0.5) is 0 Å². The van der Waals surface area contributed by atoms with Crippen molar-refractivity contribution >= 4 is 11.9 Å². The van der Waals surface area contributed by atoms with E-state index in [4.69, 9.17) is 9.47 Å². The van der Waals surface area contributed by atoms with Gasteiger partial charge in [-0.05, 0) is 106 Å². The lowest BCUT2D eigenvalue weighted by Crippen LogP contribution is -2.69.